The molecule has 1 amide bonds. The highest BCUT2D eigenvalue weighted by Crippen LogP contribution is 2.29. The summed E-state index contributed by atoms with van der Waals surface area (Å²) in [5, 5.41) is 3.27. The van der Waals surface area contributed by atoms with E-state index in [0.717, 1.165) is 29.4 Å². The Hall–Kier alpha value is -3.61. The van der Waals surface area contributed by atoms with E-state index >= 15 is 0 Å². The molecule has 1 unspecified atom stereocenters. The minimum Gasteiger partial charge on any atom is -0.445 e. The lowest BCUT2D eigenvalue weighted by molar-refractivity contribution is -0.136. The summed E-state index contributed by atoms with van der Waals surface area (Å²) < 4.78 is 15.9. The Morgan fingerprint density at radius 2 is 1.87 bits per heavy atom. The van der Waals surface area contributed by atoms with E-state index < -0.39 is 23.7 Å². The highest BCUT2D eigenvalue weighted by Gasteiger charge is 2.21. The standard InChI is InChI=1S/C24H25NO6/c1-4-8-18-13-21(26)31-22-15(2)20(12-11-19(18)22)30-23(27)16(3)25-24(28)29-14-17-9-6-5-7-10-17/h5-7,9-13,16H,4,8,14H2,1-3H3,(H,25,28). The number of carbonyl (C=O) groups is 2. The van der Waals surface area contributed by atoms with E-state index in [1.807, 2.05) is 37.3 Å². The minimum absolute atomic E-state index is 0.0946. The summed E-state index contributed by atoms with van der Waals surface area (Å²) in [6.45, 7) is 5.35. The Morgan fingerprint density at radius 1 is 1.13 bits per heavy atom. The first-order valence-electron chi connectivity index (χ1n) is 10.1. The average molecular weight is 423 g/mol. The van der Waals surface area contributed by atoms with Crippen molar-refractivity contribution in [2.24, 2.45) is 0 Å². The second-order valence-corrected chi connectivity index (χ2v) is 7.25. The van der Waals surface area contributed by atoms with Crippen molar-refractivity contribution in [1.82, 2.24) is 5.32 Å². The molecule has 0 bridgehead atoms. The summed E-state index contributed by atoms with van der Waals surface area (Å²) in [5.74, 6) is -0.397. The Bertz CT molecular complexity index is 1140. The number of rotatable bonds is 7. The first kappa shape index (κ1) is 22.1. The third-order valence-corrected chi connectivity index (χ3v) is 4.83. The number of alkyl carbamates (subject to hydrolysis) is 1. The molecule has 3 rings (SSSR count). The van der Waals surface area contributed by atoms with Crippen molar-refractivity contribution in [3.8, 4) is 5.75 Å². The average Bonchev–Trinajstić information content (AvgIpc) is 2.75. The Morgan fingerprint density at radius 3 is 2.58 bits per heavy atom. The maximum absolute atomic E-state index is 12.5. The molecule has 7 nitrogen and oxygen atoms in total. The molecule has 1 N–H and O–H groups in total. The van der Waals surface area contributed by atoms with E-state index in [4.69, 9.17) is 13.9 Å². The summed E-state index contributed by atoms with van der Waals surface area (Å²) in [6.07, 6.45) is 0.906. The molecule has 1 atom stereocenters. The van der Waals surface area contributed by atoms with Gasteiger partial charge in [-0.1, -0.05) is 43.7 Å². The van der Waals surface area contributed by atoms with Crippen molar-refractivity contribution in [3.05, 3.63) is 75.6 Å². The number of nitrogens with one attached hydrogen (secondary N) is 1. The Kier molecular flexibility index (Phi) is 7.07. The summed E-state index contributed by atoms with van der Waals surface area (Å²) in [6, 6.07) is 13.2. The van der Waals surface area contributed by atoms with Gasteiger partial charge in [0.25, 0.3) is 0 Å². The van der Waals surface area contributed by atoms with Crippen molar-refractivity contribution in [2.45, 2.75) is 46.3 Å². The monoisotopic (exact) mass is 423 g/mol. The molecule has 0 fully saturated rings. The fourth-order valence-corrected chi connectivity index (χ4v) is 3.19. The van der Waals surface area contributed by atoms with Gasteiger partial charge in [0.15, 0.2) is 0 Å². The van der Waals surface area contributed by atoms with Crippen LogP contribution in [0.2, 0.25) is 0 Å². The first-order chi connectivity index (χ1) is 14.9. The molecule has 0 aliphatic heterocycles. The van der Waals surface area contributed by atoms with Crippen LogP contribution in [-0.2, 0) is 22.6 Å². The lowest BCUT2D eigenvalue weighted by atomic mass is 10.0. The number of amides is 1. The van der Waals surface area contributed by atoms with Crippen molar-refractivity contribution in [1.29, 1.82) is 0 Å². The second kappa shape index (κ2) is 9.93. The molecule has 0 aliphatic carbocycles. The van der Waals surface area contributed by atoms with E-state index in [2.05, 4.69) is 5.32 Å². The van der Waals surface area contributed by atoms with E-state index in [9.17, 15) is 14.4 Å². The van der Waals surface area contributed by atoms with Gasteiger partial charge in [-0.05, 0) is 43.5 Å². The second-order valence-electron chi connectivity index (χ2n) is 7.25. The van der Waals surface area contributed by atoms with Crippen molar-refractivity contribution in [2.75, 3.05) is 0 Å². The largest absolute Gasteiger partial charge is 0.445 e. The van der Waals surface area contributed by atoms with E-state index in [0.29, 0.717) is 11.1 Å². The van der Waals surface area contributed by atoms with Gasteiger partial charge >= 0.3 is 17.7 Å². The predicted octanol–water partition coefficient (Wildman–Crippen LogP) is 4.27. The summed E-state index contributed by atoms with van der Waals surface area (Å²) in [5.41, 5.74) is 2.22. The maximum atomic E-state index is 12.5. The fraction of sp³-hybridized carbons (Fsp3) is 0.292. The van der Waals surface area contributed by atoms with Crippen LogP contribution in [0.5, 0.6) is 5.75 Å². The molecule has 1 aromatic heterocycles. The zero-order valence-corrected chi connectivity index (χ0v) is 17.8. The smallest absolute Gasteiger partial charge is 0.408 e. The summed E-state index contributed by atoms with van der Waals surface area (Å²) >= 11 is 0. The van der Waals surface area contributed by atoms with Crippen molar-refractivity contribution >= 4 is 23.0 Å². The number of benzene rings is 2. The third-order valence-electron chi connectivity index (χ3n) is 4.83. The summed E-state index contributed by atoms with van der Waals surface area (Å²) in [7, 11) is 0. The van der Waals surface area contributed by atoms with Gasteiger partial charge in [-0.3, -0.25) is 0 Å². The molecule has 7 heteroatoms. The van der Waals surface area contributed by atoms with E-state index in [-0.39, 0.29) is 12.4 Å². The summed E-state index contributed by atoms with van der Waals surface area (Å²) in [4.78, 5) is 36.4. The highest BCUT2D eigenvalue weighted by atomic mass is 16.6. The SMILES string of the molecule is CCCc1cc(=O)oc2c(C)c(OC(=O)C(C)NC(=O)OCc3ccccc3)ccc12. The van der Waals surface area contributed by atoms with E-state index in [1.54, 1.807) is 19.1 Å². The number of ether oxygens (including phenoxy) is 2. The van der Waals surface area contributed by atoms with Crippen molar-refractivity contribution < 1.29 is 23.5 Å². The Labute approximate surface area is 180 Å². The first-order valence-corrected chi connectivity index (χ1v) is 10.1. The van der Waals surface area contributed by atoms with Gasteiger partial charge in [-0.25, -0.2) is 14.4 Å². The van der Waals surface area contributed by atoms with Gasteiger partial charge < -0.3 is 19.2 Å². The molecule has 0 saturated carbocycles. The molecule has 31 heavy (non-hydrogen) atoms. The van der Waals surface area contributed by atoms with Gasteiger partial charge in [-0.15, -0.1) is 0 Å². The van der Waals surface area contributed by atoms with Crippen LogP contribution >= 0.6 is 0 Å². The zero-order valence-electron chi connectivity index (χ0n) is 17.8. The molecule has 0 saturated heterocycles. The van der Waals surface area contributed by atoms with Crippen LogP contribution in [0, 0.1) is 6.92 Å². The molecule has 2 aromatic carbocycles. The molecule has 3 aromatic rings. The van der Waals surface area contributed by atoms with Gasteiger partial charge in [0, 0.05) is 17.0 Å². The number of hydrogen-bond acceptors (Lipinski definition) is 6. The number of hydrogen-bond donors (Lipinski definition) is 1. The van der Waals surface area contributed by atoms with Gasteiger partial charge in [0.05, 0.1) is 0 Å². The van der Waals surface area contributed by atoms with Gasteiger partial charge in [0.1, 0.15) is 24.0 Å². The van der Waals surface area contributed by atoms with Crippen molar-refractivity contribution in [3.63, 3.8) is 0 Å². The predicted molar refractivity (Wildman–Crippen MR) is 116 cm³/mol. The topological polar surface area (TPSA) is 94.8 Å². The lowest BCUT2D eigenvalue weighted by Crippen LogP contribution is -2.41. The number of aryl methyl sites for hydroxylation is 2. The minimum atomic E-state index is -0.934. The molecule has 0 radical (unpaired) electrons. The normalized spacial score (nSPS) is 11.7. The van der Waals surface area contributed by atoms with Gasteiger partial charge in [0.2, 0.25) is 0 Å². The molecule has 1 heterocycles. The van der Waals surface area contributed by atoms with Crippen LogP contribution in [0.3, 0.4) is 0 Å². The highest BCUT2D eigenvalue weighted by molar-refractivity contribution is 5.87. The van der Waals surface area contributed by atoms with Crippen LogP contribution < -0.4 is 15.7 Å². The molecule has 162 valence electrons. The fourth-order valence-electron chi connectivity index (χ4n) is 3.19. The van der Waals surface area contributed by atoms with Crippen LogP contribution in [0.15, 0.2) is 57.7 Å². The van der Waals surface area contributed by atoms with E-state index in [1.165, 1.54) is 13.0 Å². The third kappa shape index (κ3) is 5.51. The molecule has 0 aliphatic rings. The van der Waals surface area contributed by atoms with Crippen LogP contribution in [-0.4, -0.2) is 18.1 Å². The molecular formula is C24H25NO6. The Balaban J connectivity index is 1.67. The number of carbonyl (C=O) groups excluding carboxylic acids is 2. The zero-order chi connectivity index (χ0) is 22.4. The van der Waals surface area contributed by atoms with Crippen LogP contribution in [0.25, 0.3) is 11.0 Å². The maximum Gasteiger partial charge on any atom is 0.408 e. The van der Waals surface area contributed by atoms with Gasteiger partial charge in [-0.2, -0.15) is 0 Å². The number of fused-ring (bicyclic) bond motifs is 1. The number of esters is 1. The molecular weight excluding hydrogens is 398 g/mol. The lowest BCUT2D eigenvalue weighted by Gasteiger charge is -2.15. The van der Waals surface area contributed by atoms with Crippen LogP contribution in [0.4, 0.5) is 4.79 Å². The molecule has 0 spiro atoms. The van der Waals surface area contributed by atoms with Crippen LogP contribution in [0.1, 0.15) is 37.0 Å². The quantitative estimate of drug-likeness (QED) is 0.346.